The van der Waals surface area contributed by atoms with Crippen LogP contribution in [0.2, 0.25) is 0 Å². The maximum atomic E-state index is 11.9. The highest BCUT2D eigenvalue weighted by atomic mass is 16.6. The summed E-state index contributed by atoms with van der Waals surface area (Å²) in [6.45, 7) is 1.86. The van der Waals surface area contributed by atoms with Gasteiger partial charge in [-0.25, -0.2) is 0 Å². The van der Waals surface area contributed by atoms with Crippen molar-refractivity contribution < 1.29 is 14.5 Å². The number of nitrogens with zero attached hydrogens (tertiary/aromatic N) is 1. The Balaban J connectivity index is 2.85. The number of hydrogen-bond acceptors (Lipinski definition) is 4. The van der Waals surface area contributed by atoms with Crippen LogP contribution >= 0.6 is 0 Å². The predicted octanol–water partition coefficient (Wildman–Crippen LogP) is 0.979. The highest BCUT2D eigenvalue weighted by molar-refractivity contribution is 5.97. The van der Waals surface area contributed by atoms with Crippen LogP contribution in [0.3, 0.4) is 0 Å². The van der Waals surface area contributed by atoms with Gasteiger partial charge in [-0.1, -0.05) is 19.4 Å². The summed E-state index contributed by atoms with van der Waals surface area (Å²) in [5, 5.41) is 13.1. The minimum absolute atomic E-state index is 0.122. The molecule has 0 heterocycles. The fraction of sp³-hybridized carbons (Fsp3) is 0.333. The van der Waals surface area contributed by atoms with Gasteiger partial charge < -0.3 is 11.1 Å². The molecule has 0 aliphatic carbocycles. The summed E-state index contributed by atoms with van der Waals surface area (Å²) in [5.41, 5.74) is 5.11. The van der Waals surface area contributed by atoms with E-state index < -0.39 is 22.8 Å². The molecule has 0 aliphatic heterocycles. The molecule has 19 heavy (non-hydrogen) atoms. The van der Waals surface area contributed by atoms with Crippen molar-refractivity contribution in [2.24, 2.45) is 5.73 Å². The van der Waals surface area contributed by atoms with Crippen LogP contribution in [-0.4, -0.2) is 22.8 Å². The fourth-order valence-corrected chi connectivity index (χ4v) is 1.58. The summed E-state index contributed by atoms with van der Waals surface area (Å²) < 4.78 is 0. The number of non-ortho nitro benzene ring substituents is 1. The van der Waals surface area contributed by atoms with Gasteiger partial charge in [0.25, 0.3) is 11.6 Å². The Labute approximate surface area is 109 Å². The van der Waals surface area contributed by atoms with Gasteiger partial charge in [-0.05, 0) is 12.5 Å². The van der Waals surface area contributed by atoms with Crippen molar-refractivity contribution in [1.29, 1.82) is 0 Å². The lowest BCUT2D eigenvalue weighted by molar-refractivity contribution is -0.384. The van der Waals surface area contributed by atoms with Crippen LogP contribution in [0.5, 0.6) is 0 Å². The van der Waals surface area contributed by atoms with Gasteiger partial charge in [0, 0.05) is 17.7 Å². The van der Waals surface area contributed by atoms with E-state index in [0.717, 1.165) is 6.07 Å². The summed E-state index contributed by atoms with van der Waals surface area (Å²) in [4.78, 5) is 33.0. The van der Waals surface area contributed by atoms with Gasteiger partial charge >= 0.3 is 0 Å². The number of rotatable bonds is 6. The molecule has 2 amide bonds. The Bertz CT molecular complexity index is 502. The first kappa shape index (κ1) is 14.6. The number of primary amides is 1. The van der Waals surface area contributed by atoms with Gasteiger partial charge in [0.2, 0.25) is 5.91 Å². The number of amides is 2. The number of hydrogen-bond donors (Lipinski definition) is 2. The number of nitro benzene ring substituents is 1. The summed E-state index contributed by atoms with van der Waals surface area (Å²) in [5.74, 6) is -1.18. The molecule has 0 bridgehead atoms. The van der Waals surface area contributed by atoms with Crippen molar-refractivity contribution in [3.8, 4) is 0 Å². The fourth-order valence-electron chi connectivity index (χ4n) is 1.58. The molecule has 0 aromatic heterocycles. The van der Waals surface area contributed by atoms with E-state index in [9.17, 15) is 19.7 Å². The zero-order valence-corrected chi connectivity index (χ0v) is 10.5. The van der Waals surface area contributed by atoms with Crippen LogP contribution in [0.25, 0.3) is 0 Å². The molecule has 1 aromatic rings. The van der Waals surface area contributed by atoms with Crippen molar-refractivity contribution >= 4 is 17.5 Å². The second-order valence-corrected chi connectivity index (χ2v) is 4.02. The lowest BCUT2D eigenvalue weighted by Crippen LogP contribution is -2.44. The van der Waals surface area contributed by atoms with Gasteiger partial charge in [0.1, 0.15) is 6.04 Å². The third kappa shape index (κ3) is 4.06. The van der Waals surface area contributed by atoms with Crippen molar-refractivity contribution in [2.75, 3.05) is 0 Å². The first-order chi connectivity index (χ1) is 8.95. The van der Waals surface area contributed by atoms with E-state index in [2.05, 4.69) is 5.32 Å². The highest BCUT2D eigenvalue weighted by Crippen LogP contribution is 2.13. The van der Waals surface area contributed by atoms with Crippen LogP contribution in [0, 0.1) is 10.1 Å². The number of nitrogens with two attached hydrogens (primary N) is 1. The molecule has 7 nitrogen and oxygen atoms in total. The standard InChI is InChI=1S/C12H15N3O4/c1-2-4-10(11(13)16)14-12(17)8-5-3-6-9(7-8)15(18)19/h3,5-7,10H,2,4H2,1H3,(H2,13,16)(H,14,17). The van der Waals surface area contributed by atoms with Gasteiger partial charge in [0.15, 0.2) is 0 Å². The maximum absolute atomic E-state index is 11.9. The van der Waals surface area contributed by atoms with E-state index in [1.54, 1.807) is 0 Å². The molecular weight excluding hydrogens is 250 g/mol. The number of nitro groups is 1. The van der Waals surface area contributed by atoms with Crippen molar-refractivity contribution in [1.82, 2.24) is 5.32 Å². The third-order valence-electron chi connectivity index (χ3n) is 2.55. The first-order valence-electron chi connectivity index (χ1n) is 5.80. The summed E-state index contributed by atoms with van der Waals surface area (Å²) >= 11 is 0. The first-order valence-corrected chi connectivity index (χ1v) is 5.80. The molecule has 0 aliphatic rings. The normalized spacial score (nSPS) is 11.6. The van der Waals surface area contributed by atoms with E-state index in [1.807, 2.05) is 6.92 Å². The van der Waals surface area contributed by atoms with Crippen LogP contribution in [0.15, 0.2) is 24.3 Å². The van der Waals surface area contributed by atoms with E-state index >= 15 is 0 Å². The average molecular weight is 265 g/mol. The van der Waals surface area contributed by atoms with Gasteiger partial charge in [-0.3, -0.25) is 19.7 Å². The Hall–Kier alpha value is -2.44. The number of carbonyl (C=O) groups is 2. The number of benzene rings is 1. The van der Waals surface area contributed by atoms with Gasteiger partial charge in [0.05, 0.1) is 4.92 Å². The zero-order chi connectivity index (χ0) is 14.4. The molecule has 1 unspecified atom stereocenters. The van der Waals surface area contributed by atoms with Crippen LogP contribution in [0.4, 0.5) is 5.69 Å². The molecular formula is C12H15N3O4. The van der Waals surface area contributed by atoms with Crippen molar-refractivity contribution in [2.45, 2.75) is 25.8 Å². The van der Waals surface area contributed by atoms with Crippen molar-refractivity contribution in [3.63, 3.8) is 0 Å². The third-order valence-corrected chi connectivity index (χ3v) is 2.55. The predicted molar refractivity (Wildman–Crippen MR) is 68.5 cm³/mol. The second-order valence-electron chi connectivity index (χ2n) is 4.02. The topological polar surface area (TPSA) is 115 Å². The monoisotopic (exact) mass is 265 g/mol. The SMILES string of the molecule is CCCC(NC(=O)c1cccc([N+](=O)[O-])c1)C(N)=O. The quantitative estimate of drug-likeness (QED) is 0.589. The molecule has 7 heteroatoms. The maximum Gasteiger partial charge on any atom is 0.270 e. The molecule has 1 rings (SSSR count). The molecule has 0 fully saturated rings. The Morgan fingerprint density at radius 2 is 2.16 bits per heavy atom. The lowest BCUT2D eigenvalue weighted by Gasteiger charge is -2.14. The molecule has 0 saturated carbocycles. The molecule has 3 N–H and O–H groups in total. The van der Waals surface area contributed by atoms with Crippen LogP contribution < -0.4 is 11.1 Å². The van der Waals surface area contributed by atoms with E-state index in [4.69, 9.17) is 5.73 Å². The molecule has 0 saturated heterocycles. The Kier molecular flexibility index (Phi) is 4.99. The van der Waals surface area contributed by atoms with Gasteiger partial charge in [-0.2, -0.15) is 0 Å². The largest absolute Gasteiger partial charge is 0.368 e. The molecule has 0 radical (unpaired) electrons. The summed E-state index contributed by atoms with van der Waals surface area (Å²) in [7, 11) is 0. The smallest absolute Gasteiger partial charge is 0.270 e. The lowest BCUT2D eigenvalue weighted by atomic mass is 10.1. The number of nitrogens with one attached hydrogen (secondary N) is 1. The van der Waals surface area contributed by atoms with Crippen LogP contribution in [-0.2, 0) is 4.79 Å². The summed E-state index contributed by atoms with van der Waals surface area (Å²) in [6, 6.07) is 4.52. The Morgan fingerprint density at radius 3 is 2.68 bits per heavy atom. The number of carbonyl (C=O) groups excluding carboxylic acids is 2. The van der Waals surface area contributed by atoms with E-state index in [0.29, 0.717) is 12.8 Å². The van der Waals surface area contributed by atoms with Gasteiger partial charge in [-0.15, -0.1) is 0 Å². The Morgan fingerprint density at radius 1 is 1.47 bits per heavy atom. The minimum Gasteiger partial charge on any atom is -0.368 e. The second kappa shape index (κ2) is 6.48. The molecule has 102 valence electrons. The minimum atomic E-state index is -0.767. The van der Waals surface area contributed by atoms with Crippen molar-refractivity contribution in [3.05, 3.63) is 39.9 Å². The molecule has 0 spiro atoms. The average Bonchev–Trinajstić information content (AvgIpc) is 2.38. The molecule has 1 aromatic carbocycles. The summed E-state index contributed by atoms with van der Waals surface area (Å²) in [6.07, 6.45) is 1.11. The molecule has 1 atom stereocenters. The van der Waals surface area contributed by atoms with E-state index in [-0.39, 0.29) is 11.3 Å². The zero-order valence-electron chi connectivity index (χ0n) is 10.5. The highest BCUT2D eigenvalue weighted by Gasteiger charge is 2.19. The van der Waals surface area contributed by atoms with Crippen LogP contribution in [0.1, 0.15) is 30.1 Å². The van der Waals surface area contributed by atoms with E-state index in [1.165, 1.54) is 18.2 Å².